The van der Waals surface area contributed by atoms with E-state index in [0.717, 1.165) is 31.6 Å². The highest BCUT2D eigenvalue weighted by molar-refractivity contribution is 6.33. The van der Waals surface area contributed by atoms with Crippen molar-refractivity contribution in [1.29, 1.82) is 0 Å². The van der Waals surface area contributed by atoms with Crippen LogP contribution in [-0.2, 0) is 0 Å². The predicted octanol–water partition coefficient (Wildman–Crippen LogP) is 3.67. The molecule has 0 saturated heterocycles. The Hall–Kier alpha value is -0.890. The zero-order valence-corrected chi connectivity index (χ0v) is 10.1. The number of nitrogens with zero attached hydrogens (tertiary/aromatic N) is 1. The highest BCUT2D eigenvalue weighted by atomic mass is 35.5. The first kappa shape index (κ1) is 12.2. The molecule has 0 fully saturated rings. The van der Waals surface area contributed by atoms with Crippen molar-refractivity contribution in [3.63, 3.8) is 0 Å². The third-order valence-electron chi connectivity index (χ3n) is 2.26. The molecule has 0 aromatic heterocycles. The van der Waals surface area contributed by atoms with E-state index in [9.17, 15) is 5.11 Å². The van der Waals surface area contributed by atoms with Crippen LogP contribution in [0.1, 0.15) is 26.7 Å². The van der Waals surface area contributed by atoms with Crippen molar-refractivity contribution in [3.8, 4) is 5.75 Å². The minimum Gasteiger partial charge on any atom is -0.508 e. The fraction of sp³-hybridized carbons (Fsp3) is 0.500. The van der Waals surface area contributed by atoms with Crippen LogP contribution in [0.2, 0.25) is 5.02 Å². The molecule has 0 bridgehead atoms. The Labute approximate surface area is 96.5 Å². The average molecular weight is 228 g/mol. The smallest absolute Gasteiger partial charge is 0.117 e. The van der Waals surface area contributed by atoms with Gasteiger partial charge in [0.2, 0.25) is 0 Å². The summed E-state index contributed by atoms with van der Waals surface area (Å²) in [6, 6.07) is 5.08. The summed E-state index contributed by atoms with van der Waals surface area (Å²) in [4.78, 5) is 2.21. The van der Waals surface area contributed by atoms with E-state index in [1.54, 1.807) is 18.2 Å². The third kappa shape index (κ3) is 3.31. The van der Waals surface area contributed by atoms with Gasteiger partial charge in [0.15, 0.2) is 0 Å². The van der Waals surface area contributed by atoms with Gasteiger partial charge < -0.3 is 10.0 Å². The van der Waals surface area contributed by atoms with E-state index in [1.807, 2.05) is 0 Å². The van der Waals surface area contributed by atoms with Gasteiger partial charge in [-0.3, -0.25) is 0 Å². The van der Waals surface area contributed by atoms with Crippen LogP contribution in [0.5, 0.6) is 5.75 Å². The van der Waals surface area contributed by atoms with Crippen molar-refractivity contribution >= 4 is 17.3 Å². The maximum absolute atomic E-state index is 9.44. The van der Waals surface area contributed by atoms with Gasteiger partial charge in [-0.05, 0) is 25.0 Å². The normalized spacial score (nSPS) is 10.3. The van der Waals surface area contributed by atoms with Gasteiger partial charge in [0.1, 0.15) is 5.75 Å². The summed E-state index contributed by atoms with van der Waals surface area (Å²) in [5.41, 5.74) is 0.931. The number of benzene rings is 1. The first-order valence-electron chi connectivity index (χ1n) is 5.42. The second-order valence-corrected chi connectivity index (χ2v) is 4.03. The topological polar surface area (TPSA) is 23.5 Å². The largest absolute Gasteiger partial charge is 0.508 e. The summed E-state index contributed by atoms with van der Waals surface area (Å²) in [7, 11) is 0. The molecular weight excluding hydrogens is 210 g/mol. The van der Waals surface area contributed by atoms with Crippen LogP contribution in [0.15, 0.2) is 18.2 Å². The van der Waals surface area contributed by atoms with Crippen LogP contribution in [0, 0.1) is 0 Å². The quantitative estimate of drug-likeness (QED) is 0.830. The van der Waals surface area contributed by atoms with Gasteiger partial charge in [-0.15, -0.1) is 0 Å². The summed E-state index contributed by atoms with van der Waals surface area (Å²) in [5.74, 6) is 0.270. The Kier molecular flexibility index (Phi) is 4.76. The van der Waals surface area contributed by atoms with E-state index >= 15 is 0 Å². The lowest BCUT2D eigenvalue weighted by Gasteiger charge is -2.24. The third-order valence-corrected chi connectivity index (χ3v) is 2.58. The predicted molar refractivity (Wildman–Crippen MR) is 65.9 cm³/mol. The van der Waals surface area contributed by atoms with E-state index in [0.29, 0.717) is 5.02 Å². The van der Waals surface area contributed by atoms with Crippen molar-refractivity contribution in [3.05, 3.63) is 23.2 Å². The maximum Gasteiger partial charge on any atom is 0.117 e. The van der Waals surface area contributed by atoms with Crippen LogP contribution in [-0.4, -0.2) is 18.2 Å². The number of phenols is 1. The standard InChI is InChI=1S/C12H18ClNO/c1-3-7-14(8-4-2)12-9-10(15)5-6-11(12)13/h5-6,9,15H,3-4,7-8H2,1-2H3. The Morgan fingerprint density at radius 1 is 1.20 bits per heavy atom. The highest BCUT2D eigenvalue weighted by Gasteiger charge is 2.09. The Morgan fingerprint density at radius 2 is 1.80 bits per heavy atom. The molecule has 84 valence electrons. The molecule has 0 aliphatic carbocycles. The molecular formula is C12H18ClNO. The van der Waals surface area contributed by atoms with Crippen LogP contribution in [0.4, 0.5) is 5.69 Å². The number of hydrogen-bond acceptors (Lipinski definition) is 2. The molecule has 0 amide bonds. The highest BCUT2D eigenvalue weighted by Crippen LogP contribution is 2.29. The minimum absolute atomic E-state index is 0.270. The molecule has 1 N–H and O–H groups in total. The van der Waals surface area contributed by atoms with Crippen molar-refractivity contribution in [1.82, 2.24) is 0 Å². The van der Waals surface area contributed by atoms with Crippen molar-refractivity contribution in [2.45, 2.75) is 26.7 Å². The summed E-state index contributed by atoms with van der Waals surface area (Å²) in [6.07, 6.45) is 2.15. The Bertz CT molecular complexity index is 308. The molecule has 0 atom stereocenters. The molecule has 2 nitrogen and oxygen atoms in total. The lowest BCUT2D eigenvalue weighted by Crippen LogP contribution is -2.25. The average Bonchev–Trinajstić information content (AvgIpc) is 2.21. The van der Waals surface area contributed by atoms with E-state index in [-0.39, 0.29) is 5.75 Å². The molecule has 0 saturated carbocycles. The van der Waals surface area contributed by atoms with Gasteiger partial charge in [-0.2, -0.15) is 0 Å². The van der Waals surface area contributed by atoms with Crippen LogP contribution in [0.3, 0.4) is 0 Å². The first-order chi connectivity index (χ1) is 7.19. The summed E-state index contributed by atoms with van der Waals surface area (Å²) < 4.78 is 0. The van der Waals surface area contributed by atoms with Gasteiger partial charge in [-0.25, -0.2) is 0 Å². The van der Waals surface area contributed by atoms with Crippen molar-refractivity contribution < 1.29 is 5.11 Å². The molecule has 1 rings (SSSR count). The molecule has 0 spiro atoms. The van der Waals surface area contributed by atoms with E-state index < -0.39 is 0 Å². The number of halogens is 1. The second kappa shape index (κ2) is 5.86. The molecule has 15 heavy (non-hydrogen) atoms. The van der Waals surface area contributed by atoms with E-state index in [1.165, 1.54) is 0 Å². The fourth-order valence-corrected chi connectivity index (χ4v) is 1.87. The van der Waals surface area contributed by atoms with E-state index in [4.69, 9.17) is 11.6 Å². The Balaban J connectivity index is 2.93. The molecule has 3 heteroatoms. The van der Waals surface area contributed by atoms with Crippen LogP contribution in [0.25, 0.3) is 0 Å². The molecule has 0 heterocycles. The van der Waals surface area contributed by atoms with Crippen LogP contribution >= 0.6 is 11.6 Å². The van der Waals surface area contributed by atoms with Gasteiger partial charge in [0, 0.05) is 19.2 Å². The molecule has 0 radical (unpaired) electrons. The fourth-order valence-electron chi connectivity index (χ4n) is 1.64. The van der Waals surface area contributed by atoms with Gasteiger partial charge in [0.05, 0.1) is 10.7 Å². The lowest BCUT2D eigenvalue weighted by atomic mass is 10.2. The van der Waals surface area contributed by atoms with Gasteiger partial charge in [-0.1, -0.05) is 25.4 Å². The number of phenolic OH excluding ortho intramolecular Hbond substituents is 1. The number of anilines is 1. The summed E-state index contributed by atoms with van der Waals surface area (Å²) in [6.45, 7) is 6.22. The minimum atomic E-state index is 0.270. The SMILES string of the molecule is CCCN(CCC)c1cc(O)ccc1Cl. The molecule has 0 unspecified atom stereocenters. The molecule has 0 aliphatic rings. The monoisotopic (exact) mass is 227 g/mol. The molecule has 1 aromatic rings. The number of aromatic hydroxyl groups is 1. The maximum atomic E-state index is 9.44. The van der Waals surface area contributed by atoms with E-state index in [2.05, 4.69) is 18.7 Å². The summed E-state index contributed by atoms with van der Waals surface area (Å²) in [5, 5.41) is 10.1. The summed E-state index contributed by atoms with van der Waals surface area (Å²) >= 11 is 6.11. The first-order valence-corrected chi connectivity index (χ1v) is 5.80. The van der Waals surface area contributed by atoms with Crippen molar-refractivity contribution in [2.24, 2.45) is 0 Å². The second-order valence-electron chi connectivity index (χ2n) is 3.62. The van der Waals surface area contributed by atoms with Gasteiger partial charge in [0.25, 0.3) is 0 Å². The van der Waals surface area contributed by atoms with Gasteiger partial charge >= 0.3 is 0 Å². The van der Waals surface area contributed by atoms with Crippen LogP contribution < -0.4 is 4.90 Å². The number of hydrogen-bond donors (Lipinski definition) is 1. The molecule has 0 aliphatic heterocycles. The molecule has 1 aromatic carbocycles. The zero-order valence-electron chi connectivity index (χ0n) is 9.33. The Morgan fingerprint density at radius 3 is 2.33 bits per heavy atom. The van der Waals surface area contributed by atoms with Crippen molar-refractivity contribution in [2.75, 3.05) is 18.0 Å². The lowest BCUT2D eigenvalue weighted by molar-refractivity contribution is 0.475. The number of rotatable bonds is 5. The zero-order chi connectivity index (χ0) is 11.3.